The molecule has 0 spiro atoms. The number of esters is 1. The zero-order chi connectivity index (χ0) is 22.9. The Balaban J connectivity index is 2.32. The minimum Gasteiger partial charge on any atom is -0.462 e. The highest BCUT2D eigenvalue weighted by Gasteiger charge is 2.33. The summed E-state index contributed by atoms with van der Waals surface area (Å²) in [6.45, 7) is 8.35. The van der Waals surface area contributed by atoms with Crippen LogP contribution in [-0.2, 0) is 28.0 Å². The van der Waals surface area contributed by atoms with Gasteiger partial charge in [-0.25, -0.2) is 14.2 Å². The van der Waals surface area contributed by atoms with E-state index in [1.807, 2.05) is 30.3 Å². The standard InChI is InChI=1S/C23H26N2O5S/c1-6-30-21(28)18-14(2)17-19(27)25(23(4,5)15(3)26)22(29)24(20(17)31-18)13-12-16-10-8-7-9-11-16/h7-11H,6,12-13H2,1-5H3. The summed E-state index contributed by atoms with van der Waals surface area (Å²) in [5.74, 6) is -0.834. The largest absolute Gasteiger partial charge is 0.462 e. The minimum atomic E-state index is -1.32. The Hall–Kier alpha value is -3.00. The van der Waals surface area contributed by atoms with E-state index in [4.69, 9.17) is 4.74 Å². The van der Waals surface area contributed by atoms with Gasteiger partial charge in [0.25, 0.3) is 5.56 Å². The quantitative estimate of drug-likeness (QED) is 0.524. The van der Waals surface area contributed by atoms with Crippen molar-refractivity contribution in [2.24, 2.45) is 0 Å². The first-order valence-corrected chi connectivity index (χ1v) is 10.9. The predicted octanol–water partition coefficient (Wildman–Crippen LogP) is 3.28. The second kappa shape index (κ2) is 8.63. The number of hydrogen-bond donors (Lipinski definition) is 0. The third-order valence-electron chi connectivity index (χ3n) is 5.56. The van der Waals surface area contributed by atoms with Gasteiger partial charge in [0.05, 0.1) is 12.0 Å². The summed E-state index contributed by atoms with van der Waals surface area (Å²) in [5.41, 5.74) is -0.962. The zero-order valence-electron chi connectivity index (χ0n) is 18.4. The van der Waals surface area contributed by atoms with Crippen LogP contribution in [0.3, 0.4) is 0 Å². The summed E-state index contributed by atoms with van der Waals surface area (Å²) in [4.78, 5) is 52.3. The van der Waals surface area contributed by atoms with E-state index < -0.39 is 22.8 Å². The maximum atomic E-state index is 13.5. The first kappa shape index (κ1) is 22.7. The second-order valence-electron chi connectivity index (χ2n) is 7.88. The predicted molar refractivity (Wildman–Crippen MR) is 121 cm³/mol. The molecule has 0 bridgehead atoms. The molecule has 3 rings (SSSR count). The summed E-state index contributed by atoms with van der Waals surface area (Å²) < 4.78 is 7.64. The van der Waals surface area contributed by atoms with Crippen molar-refractivity contribution < 1.29 is 14.3 Å². The van der Waals surface area contributed by atoms with Crippen LogP contribution >= 0.6 is 11.3 Å². The molecule has 2 heterocycles. The highest BCUT2D eigenvalue weighted by atomic mass is 32.1. The van der Waals surface area contributed by atoms with Gasteiger partial charge in [0.2, 0.25) is 0 Å². The summed E-state index contributed by atoms with van der Waals surface area (Å²) in [5, 5.41) is 0.273. The van der Waals surface area contributed by atoms with Crippen LogP contribution in [0.2, 0.25) is 0 Å². The van der Waals surface area contributed by atoms with Crippen molar-refractivity contribution in [1.29, 1.82) is 0 Å². The van der Waals surface area contributed by atoms with Gasteiger partial charge < -0.3 is 4.74 Å². The summed E-state index contributed by atoms with van der Waals surface area (Å²) in [6, 6.07) is 9.67. The van der Waals surface area contributed by atoms with Crippen LogP contribution in [0.25, 0.3) is 10.2 Å². The lowest BCUT2D eigenvalue weighted by atomic mass is 10.00. The number of ether oxygens (including phenoxy) is 1. The minimum absolute atomic E-state index is 0.203. The number of hydrogen-bond acceptors (Lipinski definition) is 6. The van der Waals surface area contributed by atoms with Crippen molar-refractivity contribution in [2.45, 2.75) is 53.1 Å². The van der Waals surface area contributed by atoms with Crippen LogP contribution in [0.1, 0.15) is 48.5 Å². The lowest BCUT2D eigenvalue weighted by molar-refractivity contribution is -0.124. The Morgan fingerprint density at radius 1 is 1.13 bits per heavy atom. The molecule has 0 saturated carbocycles. The third-order valence-corrected chi connectivity index (χ3v) is 6.86. The van der Waals surface area contributed by atoms with Crippen LogP contribution < -0.4 is 11.2 Å². The first-order chi connectivity index (χ1) is 14.6. The average Bonchev–Trinajstić information content (AvgIpc) is 3.06. The molecule has 0 aliphatic rings. The molecule has 0 fully saturated rings. The molecule has 3 aromatic rings. The molecule has 7 nitrogen and oxygen atoms in total. The molecule has 0 radical (unpaired) electrons. The molecule has 0 aliphatic heterocycles. The lowest BCUT2D eigenvalue weighted by Gasteiger charge is -2.25. The number of fused-ring (bicyclic) bond motifs is 1. The van der Waals surface area contributed by atoms with Crippen molar-refractivity contribution in [3.63, 3.8) is 0 Å². The number of thiophene rings is 1. The molecule has 2 aromatic heterocycles. The fourth-order valence-electron chi connectivity index (χ4n) is 3.47. The van der Waals surface area contributed by atoms with Gasteiger partial charge >= 0.3 is 11.7 Å². The zero-order valence-corrected chi connectivity index (χ0v) is 19.2. The van der Waals surface area contributed by atoms with Gasteiger partial charge in [-0.2, -0.15) is 0 Å². The molecule has 0 unspecified atom stereocenters. The molecule has 0 atom stereocenters. The number of benzene rings is 1. The van der Waals surface area contributed by atoms with E-state index in [0.717, 1.165) is 21.5 Å². The first-order valence-electron chi connectivity index (χ1n) is 10.1. The monoisotopic (exact) mass is 442 g/mol. The lowest BCUT2D eigenvalue weighted by Crippen LogP contribution is -2.52. The Morgan fingerprint density at radius 3 is 2.35 bits per heavy atom. The molecule has 31 heavy (non-hydrogen) atoms. The Bertz CT molecular complexity index is 1270. The smallest absolute Gasteiger partial charge is 0.348 e. The molecule has 0 saturated heterocycles. The van der Waals surface area contributed by atoms with Gasteiger partial charge in [-0.15, -0.1) is 11.3 Å². The highest BCUT2D eigenvalue weighted by Crippen LogP contribution is 2.29. The summed E-state index contributed by atoms with van der Waals surface area (Å²) in [7, 11) is 0. The normalized spacial score (nSPS) is 11.6. The van der Waals surface area contributed by atoms with Gasteiger partial charge in [0.1, 0.15) is 15.2 Å². The van der Waals surface area contributed by atoms with Gasteiger partial charge in [-0.05, 0) is 52.2 Å². The summed E-state index contributed by atoms with van der Waals surface area (Å²) >= 11 is 1.08. The fourth-order valence-corrected chi connectivity index (χ4v) is 4.68. The van der Waals surface area contributed by atoms with Gasteiger partial charge in [0, 0.05) is 6.54 Å². The van der Waals surface area contributed by atoms with Crippen LogP contribution in [0.4, 0.5) is 0 Å². The van der Waals surface area contributed by atoms with E-state index in [2.05, 4.69) is 0 Å². The van der Waals surface area contributed by atoms with Crippen molar-refractivity contribution in [3.05, 3.63) is 67.2 Å². The molecular weight excluding hydrogens is 416 g/mol. The summed E-state index contributed by atoms with van der Waals surface area (Å²) in [6.07, 6.45) is 0.556. The second-order valence-corrected chi connectivity index (χ2v) is 8.88. The number of aryl methyl sites for hydroxylation is 3. The topological polar surface area (TPSA) is 87.4 Å². The van der Waals surface area contributed by atoms with Crippen LogP contribution in [0.5, 0.6) is 0 Å². The van der Waals surface area contributed by atoms with Crippen LogP contribution in [-0.4, -0.2) is 27.5 Å². The van der Waals surface area contributed by atoms with Crippen LogP contribution in [0, 0.1) is 6.92 Å². The molecule has 164 valence electrons. The number of ketones is 1. The molecule has 8 heteroatoms. The molecule has 0 amide bonds. The van der Waals surface area contributed by atoms with E-state index in [0.29, 0.717) is 28.2 Å². The van der Waals surface area contributed by atoms with Crippen molar-refractivity contribution in [1.82, 2.24) is 9.13 Å². The average molecular weight is 443 g/mol. The fraction of sp³-hybridized carbons (Fsp3) is 0.391. The molecule has 1 aromatic carbocycles. The molecular formula is C23H26N2O5S. The Labute approximate surface area is 183 Å². The third kappa shape index (κ3) is 3.99. The van der Waals surface area contributed by atoms with Crippen LogP contribution in [0.15, 0.2) is 39.9 Å². The van der Waals surface area contributed by atoms with E-state index >= 15 is 0 Å². The van der Waals surface area contributed by atoms with Gasteiger partial charge in [0.15, 0.2) is 5.78 Å². The number of nitrogens with zero attached hydrogens (tertiary/aromatic N) is 2. The highest BCUT2D eigenvalue weighted by molar-refractivity contribution is 7.20. The van der Waals surface area contributed by atoms with Gasteiger partial charge in [-0.3, -0.25) is 14.2 Å². The van der Waals surface area contributed by atoms with E-state index in [9.17, 15) is 19.2 Å². The van der Waals surface area contributed by atoms with Crippen molar-refractivity contribution >= 4 is 33.3 Å². The molecule has 0 N–H and O–H groups in total. The van der Waals surface area contributed by atoms with E-state index in [1.54, 1.807) is 27.7 Å². The number of rotatable bonds is 7. The Morgan fingerprint density at radius 2 is 1.77 bits per heavy atom. The van der Waals surface area contributed by atoms with Gasteiger partial charge in [-0.1, -0.05) is 30.3 Å². The maximum Gasteiger partial charge on any atom is 0.348 e. The SMILES string of the molecule is CCOC(=O)c1sc2c(c1C)c(=O)n(C(C)(C)C(C)=O)c(=O)n2CCc1ccccc1. The number of carbonyl (C=O) groups excluding carboxylic acids is 2. The van der Waals surface area contributed by atoms with E-state index in [-0.39, 0.29) is 17.8 Å². The number of aromatic nitrogens is 2. The van der Waals surface area contributed by atoms with Crippen molar-refractivity contribution in [3.8, 4) is 0 Å². The Kier molecular flexibility index (Phi) is 6.31. The van der Waals surface area contributed by atoms with E-state index in [1.165, 1.54) is 11.5 Å². The number of Topliss-reactive ketones (excluding diaryl/α,β-unsaturated/α-hetero) is 1. The molecule has 0 aliphatic carbocycles. The maximum absolute atomic E-state index is 13.5. The number of carbonyl (C=O) groups is 2. The van der Waals surface area contributed by atoms with Crippen molar-refractivity contribution in [2.75, 3.05) is 6.61 Å².